The zero-order valence-electron chi connectivity index (χ0n) is 14.5. The van der Waals surface area contributed by atoms with Crippen LogP contribution in [0.15, 0.2) is 41.2 Å². The molecule has 0 radical (unpaired) electrons. The third-order valence-corrected chi connectivity index (χ3v) is 4.64. The summed E-state index contributed by atoms with van der Waals surface area (Å²) in [5.74, 6) is -0.559. The highest BCUT2D eigenvalue weighted by atomic mass is 35.5. The number of ether oxygens (including phenoxy) is 1. The fourth-order valence-electron chi connectivity index (χ4n) is 2.87. The molecule has 2 heterocycles. The lowest BCUT2D eigenvalue weighted by Gasteiger charge is -2.08. The molecule has 0 bridgehead atoms. The van der Waals surface area contributed by atoms with Gasteiger partial charge in [-0.1, -0.05) is 16.8 Å². The highest BCUT2D eigenvalue weighted by Gasteiger charge is 2.37. The fraction of sp³-hybridized carbons (Fsp3) is 0.263. The Morgan fingerprint density at radius 1 is 1.37 bits per heavy atom. The van der Waals surface area contributed by atoms with Crippen LogP contribution in [-0.2, 0) is 4.74 Å². The van der Waals surface area contributed by atoms with E-state index in [4.69, 9.17) is 20.9 Å². The van der Waals surface area contributed by atoms with Gasteiger partial charge in [0.15, 0.2) is 5.76 Å². The summed E-state index contributed by atoms with van der Waals surface area (Å²) >= 11 is 6.37. The second-order valence-corrected chi connectivity index (χ2v) is 6.62. The van der Waals surface area contributed by atoms with Gasteiger partial charge in [-0.15, -0.1) is 0 Å². The van der Waals surface area contributed by atoms with Crippen LogP contribution in [0.3, 0.4) is 0 Å². The predicted molar refractivity (Wildman–Crippen MR) is 96.4 cm³/mol. The fourth-order valence-corrected chi connectivity index (χ4v) is 3.13. The minimum absolute atomic E-state index is 0.0988. The van der Waals surface area contributed by atoms with E-state index >= 15 is 0 Å². The number of carbonyl (C=O) groups is 2. The van der Waals surface area contributed by atoms with E-state index in [1.807, 2.05) is 0 Å². The maximum atomic E-state index is 13.2. The van der Waals surface area contributed by atoms with Gasteiger partial charge in [0.25, 0.3) is 0 Å². The van der Waals surface area contributed by atoms with Crippen LogP contribution in [0, 0.1) is 0 Å². The van der Waals surface area contributed by atoms with E-state index in [0.717, 1.165) is 18.5 Å². The van der Waals surface area contributed by atoms with Gasteiger partial charge >= 0.3 is 5.97 Å². The summed E-state index contributed by atoms with van der Waals surface area (Å²) in [5, 5.41) is 8.20. The third kappa shape index (κ3) is 3.26. The van der Waals surface area contributed by atoms with E-state index in [0.29, 0.717) is 5.76 Å². The van der Waals surface area contributed by atoms with Crippen molar-refractivity contribution in [3.05, 3.63) is 64.3 Å². The summed E-state index contributed by atoms with van der Waals surface area (Å²) in [5.41, 5.74) is 1.03. The molecule has 1 aliphatic rings. The summed E-state index contributed by atoms with van der Waals surface area (Å²) in [6.45, 7) is 1.86. The van der Waals surface area contributed by atoms with Gasteiger partial charge < -0.3 is 9.26 Å². The van der Waals surface area contributed by atoms with Crippen LogP contribution in [0.5, 0.6) is 0 Å². The second kappa shape index (κ2) is 7.00. The van der Waals surface area contributed by atoms with Crippen molar-refractivity contribution < 1.29 is 18.8 Å². The van der Waals surface area contributed by atoms with Crippen LogP contribution in [0.2, 0.25) is 5.02 Å². The molecule has 7 nitrogen and oxygen atoms in total. The molecule has 0 unspecified atom stereocenters. The van der Waals surface area contributed by atoms with Crippen molar-refractivity contribution in [3.63, 3.8) is 0 Å². The summed E-state index contributed by atoms with van der Waals surface area (Å²) < 4.78 is 12.0. The van der Waals surface area contributed by atoms with E-state index in [-0.39, 0.29) is 34.4 Å². The third-order valence-electron chi connectivity index (χ3n) is 4.33. The number of nitrogens with zero attached hydrogens (tertiary/aromatic N) is 3. The zero-order valence-corrected chi connectivity index (χ0v) is 15.3. The van der Waals surface area contributed by atoms with E-state index in [2.05, 4.69) is 10.3 Å². The molecule has 1 fully saturated rings. The molecule has 0 saturated heterocycles. The van der Waals surface area contributed by atoms with Crippen LogP contribution in [-0.4, -0.2) is 33.3 Å². The zero-order chi connectivity index (χ0) is 19.0. The SMILES string of the molecule is CCOC(=O)c1noc(C2CC2)c1C(=O)c1ccc(-n2cccn2)cc1Cl. The smallest absolute Gasteiger partial charge is 0.361 e. The van der Waals surface area contributed by atoms with Gasteiger partial charge in [0.1, 0.15) is 5.56 Å². The maximum absolute atomic E-state index is 13.2. The Labute approximate surface area is 159 Å². The molecule has 4 rings (SSSR count). The Hall–Kier alpha value is -2.93. The normalized spacial score (nSPS) is 13.6. The molecule has 138 valence electrons. The number of hydrogen-bond acceptors (Lipinski definition) is 6. The largest absolute Gasteiger partial charge is 0.461 e. The number of aromatic nitrogens is 3. The summed E-state index contributed by atoms with van der Waals surface area (Å²) in [6, 6.07) is 6.79. The Balaban J connectivity index is 1.74. The molecule has 27 heavy (non-hydrogen) atoms. The monoisotopic (exact) mass is 385 g/mol. The van der Waals surface area contributed by atoms with E-state index < -0.39 is 11.8 Å². The van der Waals surface area contributed by atoms with Crippen molar-refractivity contribution in [1.82, 2.24) is 14.9 Å². The van der Waals surface area contributed by atoms with Crippen molar-refractivity contribution in [1.29, 1.82) is 0 Å². The minimum Gasteiger partial charge on any atom is -0.461 e. The Kier molecular flexibility index (Phi) is 4.53. The van der Waals surface area contributed by atoms with Gasteiger partial charge in [-0.3, -0.25) is 4.79 Å². The van der Waals surface area contributed by atoms with Gasteiger partial charge in [0.05, 0.1) is 17.3 Å². The van der Waals surface area contributed by atoms with Gasteiger partial charge in [0, 0.05) is 23.9 Å². The standard InChI is InChI=1S/C19H16ClN3O4/c1-2-26-19(25)16-15(18(27-22-16)11-4-5-11)17(24)13-7-6-12(10-14(13)20)23-9-3-8-21-23/h3,6-11H,2,4-5H2,1H3. The average molecular weight is 386 g/mol. The molecule has 1 aromatic carbocycles. The van der Waals surface area contributed by atoms with E-state index in [1.165, 1.54) is 0 Å². The van der Waals surface area contributed by atoms with Gasteiger partial charge in [-0.25, -0.2) is 9.48 Å². The molecule has 1 aliphatic carbocycles. The summed E-state index contributed by atoms with van der Waals surface area (Å²) in [7, 11) is 0. The van der Waals surface area contributed by atoms with Gasteiger partial charge in [-0.2, -0.15) is 5.10 Å². The number of carbonyl (C=O) groups excluding carboxylic acids is 2. The lowest BCUT2D eigenvalue weighted by molar-refractivity contribution is 0.0512. The highest BCUT2D eigenvalue weighted by Crippen LogP contribution is 2.43. The number of hydrogen-bond donors (Lipinski definition) is 0. The Bertz CT molecular complexity index is 1010. The molecule has 0 N–H and O–H groups in total. The first kappa shape index (κ1) is 17.5. The van der Waals surface area contributed by atoms with Crippen LogP contribution in [0.25, 0.3) is 5.69 Å². The van der Waals surface area contributed by atoms with Crippen molar-refractivity contribution in [2.45, 2.75) is 25.7 Å². The quantitative estimate of drug-likeness (QED) is 0.473. The Morgan fingerprint density at radius 2 is 2.19 bits per heavy atom. The van der Waals surface area contributed by atoms with Crippen LogP contribution in [0.4, 0.5) is 0 Å². The number of benzene rings is 1. The van der Waals surface area contributed by atoms with E-state index in [1.54, 1.807) is 48.3 Å². The van der Waals surface area contributed by atoms with Gasteiger partial charge in [-0.05, 0) is 44.0 Å². The molecule has 0 spiro atoms. The van der Waals surface area contributed by atoms with Crippen LogP contribution in [0.1, 0.15) is 57.9 Å². The summed E-state index contributed by atoms with van der Waals surface area (Å²) in [6.07, 6.45) is 5.21. The Morgan fingerprint density at radius 3 is 2.81 bits per heavy atom. The lowest BCUT2D eigenvalue weighted by atomic mass is 9.99. The van der Waals surface area contributed by atoms with Gasteiger partial charge in [0.2, 0.25) is 11.5 Å². The molecule has 0 amide bonds. The molecule has 2 aromatic heterocycles. The van der Waals surface area contributed by atoms with Crippen molar-refractivity contribution in [2.75, 3.05) is 6.61 Å². The maximum Gasteiger partial charge on any atom is 0.361 e. The molecular formula is C19H16ClN3O4. The van der Waals surface area contributed by atoms with E-state index in [9.17, 15) is 9.59 Å². The highest BCUT2D eigenvalue weighted by molar-refractivity contribution is 6.35. The van der Waals surface area contributed by atoms with Crippen LogP contribution < -0.4 is 0 Å². The number of rotatable bonds is 6. The van der Waals surface area contributed by atoms with Crippen molar-refractivity contribution in [3.8, 4) is 5.69 Å². The number of ketones is 1. The average Bonchev–Trinajstić information content (AvgIpc) is 3.19. The molecule has 0 aliphatic heterocycles. The first-order valence-electron chi connectivity index (χ1n) is 8.61. The molecular weight excluding hydrogens is 370 g/mol. The number of halogens is 1. The molecule has 0 atom stereocenters. The van der Waals surface area contributed by atoms with Crippen LogP contribution >= 0.6 is 11.6 Å². The van der Waals surface area contributed by atoms with Crippen molar-refractivity contribution >= 4 is 23.4 Å². The first-order chi connectivity index (χ1) is 13.1. The lowest BCUT2D eigenvalue weighted by Crippen LogP contribution is -2.13. The molecule has 1 saturated carbocycles. The molecule has 3 aromatic rings. The topological polar surface area (TPSA) is 87.2 Å². The number of esters is 1. The molecule has 8 heteroatoms. The minimum atomic E-state index is -0.680. The first-order valence-corrected chi connectivity index (χ1v) is 8.99. The van der Waals surface area contributed by atoms with Crippen molar-refractivity contribution in [2.24, 2.45) is 0 Å². The predicted octanol–water partition coefficient (Wildman–Crippen LogP) is 3.80. The second-order valence-electron chi connectivity index (χ2n) is 6.21. The summed E-state index contributed by atoms with van der Waals surface area (Å²) in [4.78, 5) is 25.4.